The number of hydrogen-bond acceptors (Lipinski definition) is 4. The lowest BCUT2D eigenvalue weighted by Gasteiger charge is -2.06. The van der Waals surface area contributed by atoms with Crippen LogP contribution in [0.1, 0.15) is 12.2 Å². The summed E-state index contributed by atoms with van der Waals surface area (Å²) in [6.45, 7) is 0. The first-order valence-electron chi connectivity index (χ1n) is 5.95. The summed E-state index contributed by atoms with van der Waals surface area (Å²) < 4.78 is 24.8. The molecule has 3 rings (SSSR count). The summed E-state index contributed by atoms with van der Waals surface area (Å²) in [4.78, 5) is 4.36. The zero-order chi connectivity index (χ0) is 12.8. The molecule has 6 heteroatoms. The van der Waals surface area contributed by atoms with E-state index >= 15 is 0 Å². The molecular weight excluding hydrogens is 250 g/mol. The van der Waals surface area contributed by atoms with Crippen LogP contribution in [0, 0.1) is 5.92 Å². The van der Waals surface area contributed by atoms with Gasteiger partial charge in [-0.05, 0) is 24.5 Å². The molecular formula is C12H15N3O2S. The molecule has 1 aliphatic rings. The number of nitrogens with two attached hydrogens (primary N) is 1. The predicted octanol–water partition coefficient (Wildman–Crippen LogP) is 0.894. The minimum Gasteiger partial charge on any atom is -0.399 e. The number of pyridine rings is 1. The van der Waals surface area contributed by atoms with Gasteiger partial charge in [-0.1, -0.05) is 0 Å². The van der Waals surface area contributed by atoms with Gasteiger partial charge in [-0.2, -0.15) is 0 Å². The lowest BCUT2D eigenvalue weighted by atomic mass is 10.1. The van der Waals surface area contributed by atoms with Gasteiger partial charge in [0.15, 0.2) is 9.84 Å². The Bertz CT molecular complexity index is 690. The molecule has 96 valence electrons. The topological polar surface area (TPSA) is 77.5 Å². The molecule has 3 heterocycles. The number of hydrogen-bond donors (Lipinski definition) is 1. The second-order valence-corrected chi connectivity index (χ2v) is 7.13. The van der Waals surface area contributed by atoms with Gasteiger partial charge in [-0.25, -0.2) is 13.4 Å². The van der Waals surface area contributed by atoms with Gasteiger partial charge in [0.05, 0.1) is 23.2 Å². The number of rotatable bonds is 2. The summed E-state index contributed by atoms with van der Waals surface area (Å²) in [5, 5.41) is 0. The van der Waals surface area contributed by atoms with Gasteiger partial charge < -0.3 is 10.1 Å². The Hall–Kier alpha value is -1.56. The Morgan fingerprint density at radius 1 is 1.50 bits per heavy atom. The molecule has 1 unspecified atom stereocenters. The van der Waals surface area contributed by atoms with Gasteiger partial charge in [0.1, 0.15) is 5.82 Å². The lowest BCUT2D eigenvalue weighted by molar-refractivity contribution is 0.568. The van der Waals surface area contributed by atoms with Gasteiger partial charge in [0.25, 0.3) is 0 Å². The number of fused-ring (bicyclic) bond motifs is 1. The number of anilines is 1. The summed E-state index contributed by atoms with van der Waals surface area (Å²) in [6.07, 6.45) is 5.11. The molecule has 1 fully saturated rings. The van der Waals surface area contributed by atoms with E-state index in [1.165, 1.54) is 0 Å². The third-order valence-electron chi connectivity index (χ3n) is 3.43. The van der Waals surface area contributed by atoms with Crippen molar-refractivity contribution in [3.63, 3.8) is 0 Å². The first-order chi connectivity index (χ1) is 8.53. The van der Waals surface area contributed by atoms with Crippen LogP contribution >= 0.6 is 0 Å². The second-order valence-electron chi connectivity index (χ2n) is 4.90. The molecule has 2 N–H and O–H groups in total. The fourth-order valence-electron chi connectivity index (χ4n) is 2.51. The third-order valence-corrected chi connectivity index (χ3v) is 5.27. The van der Waals surface area contributed by atoms with Crippen molar-refractivity contribution in [1.29, 1.82) is 0 Å². The summed E-state index contributed by atoms with van der Waals surface area (Å²) in [7, 11) is -2.82. The first kappa shape index (κ1) is 11.5. The van der Waals surface area contributed by atoms with Crippen LogP contribution in [0.2, 0.25) is 0 Å². The predicted molar refractivity (Wildman–Crippen MR) is 70.1 cm³/mol. The van der Waals surface area contributed by atoms with Crippen molar-refractivity contribution < 1.29 is 8.42 Å². The van der Waals surface area contributed by atoms with E-state index in [1.54, 1.807) is 6.20 Å². The van der Waals surface area contributed by atoms with E-state index in [2.05, 4.69) is 4.98 Å². The summed E-state index contributed by atoms with van der Waals surface area (Å²) in [5.74, 6) is 1.70. The number of nitrogens with zero attached hydrogens (tertiary/aromatic N) is 2. The maximum atomic E-state index is 11.4. The minimum absolute atomic E-state index is 0.193. The average Bonchev–Trinajstić information content (AvgIpc) is 2.83. The van der Waals surface area contributed by atoms with Crippen LogP contribution in [0.5, 0.6) is 0 Å². The van der Waals surface area contributed by atoms with Crippen molar-refractivity contribution in [2.45, 2.75) is 12.8 Å². The number of nitrogen functional groups attached to an aromatic ring is 1. The molecule has 0 amide bonds. The van der Waals surface area contributed by atoms with Gasteiger partial charge in [-0.15, -0.1) is 0 Å². The van der Waals surface area contributed by atoms with Crippen molar-refractivity contribution in [2.75, 3.05) is 17.2 Å². The van der Waals surface area contributed by atoms with Crippen LogP contribution in [0.4, 0.5) is 5.69 Å². The van der Waals surface area contributed by atoms with Gasteiger partial charge in [0.2, 0.25) is 0 Å². The van der Waals surface area contributed by atoms with E-state index in [4.69, 9.17) is 5.73 Å². The standard InChI is InChI=1S/C12H15N3O2S/c13-10-1-3-15-11(6-10)7-14-12(15)5-9-2-4-18(16,17)8-9/h1,3,6-7,9H,2,4-5,8,13H2. The summed E-state index contributed by atoms with van der Waals surface area (Å²) >= 11 is 0. The highest BCUT2D eigenvalue weighted by molar-refractivity contribution is 7.91. The van der Waals surface area contributed by atoms with Crippen molar-refractivity contribution in [3.8, 4) is 0 Å². The highest BCUT2D eigenvalue weighted by atomic mass is 32.2. The fourth-order valence-corrected chi connectivity index (χ4v) is 4.38. The van der Waals surface area contributed by atoms with Crippen LogP contribution in [0.3, 0.4) is 0 Å². The second kappa shape index (κ2) is 3.98. The largest absolute Gasteiger partial charge is 0.399 e. The molecule has 0 spiro atoms. The molecule has 0 aromatic carbocycles. The van der Waals surface area contributed by atoms with Crippen LogP contribution < -0.4 is 5.73 Å². The molecule has 18 heavy (non-hydrogen) atoms. The van der Waals surface area contributed by atoms with Crippen molar-refractivity contribution in [1.82, 2.24) is 9.38 Å². The Morgan fingerprint density at radius 3 is 3.06 bits per heavy atom. The normalized spacial score (nSPS) is 22.6. The van der Waals surface area contributed by atoms with E-state index in [0.29, 0.717) is 17.9 Å². The van der Waals surface area contributed by atoms with Gasteiger partial charge in [-0.3, -0.25) is 0 Å². The molecule has 1 atom stereocenters. The van der Waals surface area contributed by atoms with Crippen molar-refractivity contribution in [2.24, 2.45) is 5.92 Å². The van der Waals surface area contributed by atoms with Crippen LogP contribution in [0.15, 0.2) is 24.5 Å². The van der Waals surface area contributed by atoms with E-state index in [1.807, 2.05) is 22.7 Å². The van der Waals surface area contributed by atoms with E-state index in [9.17, 15) is 8.42 Å². The SMILES string of the molecule is Nc1ccn2c(CC3CCS(=O)(=O)C3)ncc2c1. The van der Waals surface area contributed by atoms with Crippen LogP contribution in [-0.2, 0) is 16.3 Å². The Balaban J connectivity index is 1.87. The quantitative estimate of drug-likeness (QED) is 0.875. The molecule has 0 saturated carbocycles. The van der Waals surface area contributed by atoms with Gasteiger partial charge >= 0.3 is 0 Å². The average molecular weight is 265 g/mol. The smallest absolute Gasteiger partial charge is 0.150 e. The molecule has 1 saturated heterocycles. The summed E-state index contributed by atoms with van der Waals surface area (Å²) in [5.41, 5.74) is 7.37. The van der Waals surface area contributed by atoms with Crippen LogP contribution in [-0.4, -0.2) is 29.3 Å². The highest BCUT2D eigenvalue weighted by Crippen LogP contribution is 2.23. The van der Waals surface area contributed by atoms with Crippen molar-refractivity contribution in [3.05, 3.63) is 30.4 Å². The van der Waals surface area contributed by atoms with Crippen molar-refractivity contribution >= 4 is 21.0 Å². The molecule has 1 aliphatic heterocycles. The van der Waals surface area contributed by atoms with E-state index < -0.39 is 9.84 Å². The highest BCUT2D eigenvalue weighted by Gasteiger charge is 2.28. The number of sulfone groups is 1. The van der Waals surface area contributed by atoms with E-state index in [0.717, 1.165) is 17.8 Å². The third kappa shape index (κ3) is 2.08. The molecule has 5 nitrogen and oxygen atoms in total. The number of imidazole rings is 1. The maximum absolute atomic E-state index is 11.4. The zero-order valence-corrected chi connectivity index (χ0v) is 10.7. The Labute approximate surface area is 106 Å². The maximum Gasteiger partial charge on any atom is 0.150 e. The summed E-state index contributed by atoms with van der Waals surface area (Å²) in [6, 6.07) is 3.69. The lowest BCUT2D eigenvalue weighted by Crippen LogP contribution is -2.09. The first-order valence-corrected chi connectivity index (χ1v) is 7.77. The fraction of sp³-hybridized carbons (Fsp3) is 0.417. The number of aromatic nitrogens is 2. The Kier molecular flexibility index (Phi) is 2.55. The molecule has 0 radical (unpaired) electrons. The zero-order valence-electron chi connectivity index (χ0n) is 9.91. The molecule has 2 aromatic heterocycles. The molecule has 0 bridgehead atoms. The molecule has 0 aliphatic carbocycles. The van der Waals surface area contributed by atoms with E-state index in [-0.39, 0.29) is 11.7 Å². The Morgan fingerprint density at radius 2 is 2.33 bits per heavy atom. The minimum atomic E-state index is -2.82. The molecule has 2 aromatic rings. The monoisotopic (exact) mass is 265 g/mol. The van der Waals surface area contributed by atoms with Crippen LogP contribution in [0.25, 0.3) is 5.52 Å². The van der Waals surface area contributed by atoms with Gasteiger partial charge in [0, 0.05) is 18.3 Å².